The third-order valence-corrected chi connectivity index (χ3v) is 2.70. The zero-order chi connectivity index (χ0) is 12.8. The molecule has 0 aromatic heterocycles. The van der Waals surface area contributed by atoms with Crippen molar-refractivity contribution in [1.82, 2.24) is 0 Å². The lowest BCUT2D eigenvalue weighted by atomic mass is 10.1. The number of hydrogen-bond donors (Lipinski definition) is 1. The Morgan fingerprint density at radius 2 is 1.61 bits per heavy atom. The third-order valence-electron chi connectivity index (χ3n) is 2.70. The molecule has 90 valence electrons. The summed E-state index contributed by atoms with van der Waals surface area (Å²) < 4.78 is 0. The van der Waals surface area contributed by atoms with E-state index in [1.807, 2.05) is 30.3 Å². The van der Waals surface area contributed by atoms with E-state index in [0.29, 0.717) is 0 Å². The summed E-state index contributed by atoms with van der Waals surface area (Å²) in [6.07, 6.45) is 2.26. The fourth-order valence-electron chi connectivity index (χ4n) is 1.85. The quantitative estimate of drug-likeness (QED) is 0.624. The summed E-state index contributed by atoms with van der Waals surface area (Å²) in [6.45, 7) is 2.19. The van der Waals surface area contributed by atoms with Crippen LogP contribution in [0.1, 0.15) is 30.0 Å². The number of benzene rings is 2. The van der Waals surface area contributed by atoms with E-state index in [-0.39, 0.29) is 0 Å². The van der Waals surface area contributed by atoms with Crippen LogP contribution in [-0.4, -0.2) is 0 Å². The second kappa shape index (κ2) is 5.93. The van der Waals surface area contributed by atoms with Crippen molar-refractivity contribution in [3.05, 3.63) is 65.2 Å². The lowest BCUT2D eigenvalue weighted by Gasteiger charge is -1.98. The third kappa shape index (κ3) is 3.40. The summed E-state index contributed by atoms with van der Waals surface area (Å²) >= 11 is 0. The Labute approximate surface area is 109 Å². The van der Waals surface area contributed by atoms with Crippen molar-refractivity contribution in [2.45, 2.75) is 19.8 Å². The van der Waals surface area contributed by atoms with Gasteiger partial charge in [0.25, 0.3) is 0 Å². The summed E-state index contributed by atoms with van der Waals surface area (Å²) in [7, 11) is 0. The first-order chi connectivity index (χ1) is 8.78. The fourth-order valence-corrected chi connectivity index (χ4v) is 1.85. The maximum Gasteiger partial charge on any atom is 0.0326 e. The van der Waals surface area contributed by atoms with Gasteiger partial charge in [-0.05, 0) is 42.3 Å². The molecule has 0 radical (unpaired) electrons. The lowest BCUT2D eigenvalue weighted by Crippen LogP contribution is -1.85. The van der Waals surface area contributed by atoms with E-state index in [1.54, 1.807) is 0 Å². The predicted molar refractivity (Wildman–Crippen MR) is 77.3 cm³/mol. The van der Waals surface area contributed by atoms with Crippen LogP contribution in [0.2, 0.25) is 0 Å². The molecule has 1 heteroatoms. The molecule has 0 aliphatic carbocycles. The highest BCUT2D eigenvalue weighted by Crippen LogP contribution is 2.08. The molecule has 0 unspecified atom stereocenters. The monoisotopic (exact) mass is 235 g/mol. The number of nitrogens with two attached hydrogens (primary N) is 1. The second-order valence-electron chi connectivity index (χ2n) is 4.33. The molecule has 0 aliphatic heterocycles. The van der Waals surface area contributed by atoms with E-state index in [0.717, 1.165) is 29.7 Å². The molecule has 0 atom stereocenters. The minimum Gasteiger partial charge on any atom is -0.399 e. The molecule has 18 heavy (non-hydrogen) atoms. The Kier molecular flexibility index (Phi) is 4.04. The highest BCUT2D eigenvalue weighted by Gasteiger charge is 1.92. The first kappa shape index (κ1) is 12.3. The predicted octanol–water partition coefficient (Wildman–Crippen LogP) is 3.62. The first-order valence-corrected chi connectivity index (χ1v) is 6.24. The van der Waals surface area contributed by atoms with E-state index in [4.69, 9.17) is 5.73 Å². The van der Waals surface area contributed by atoms with Gasteiger partial charge in [-0.3, -0.25) is 0 Å². The number of rotatable bonds is 2. The van der Waals surface area contributed by atoms with Crippen molar-refractivity contribution >= 4 is 5.69 Å². The summed E-state index contributed by atoms with van der Waals surface area (Å²) in [4.78, 5) is 0. The fraction of sp³-hybridized carbons (Fsp3) is 0.176. The van der Waals surface area contributed by atoms with Crippen LogP contribution in [0.5, 0.6) is 0 Å². The summed E-state index contributed by atoms with van der Waals surface area (Å²) in [6, 6.07) is 16.1. The van der Waals surface area contributed by atoms with Crippen LogP contribution in [0.3, 0.4) is 0 Å². The van der Waals surface area contributed by atoms with Crippen molar-refractivity contribution in [3.63, 3.8) is 0 Å². The first-order valence-electron chi connectivity index (χ1n) is 6.24. The average molecular weight is 235 g/mol. The zero-order valence-corrected chi connectivity index (χ0v) is 10.6. The molecular weight excluding hydrogens is 218 g/mol. The Bertz CT molecular complexity index is 588. The minimum atomic E-state index is 0.751. The van der Waals surface area contributed by atoms with Gasteiger partial charge in [0.2, 0.25) is 0 Å². The molecule has 0 fully saturated rings. The van der Waals surface area contributed by atoms with Gasteiger partial charge in [0, 0.05) is 16.8 Å². The number of aryl methyl sites for hydroxylation is 1. The van der Waals surface area contributed by atoms with Crippen LogP contribution in [0.4, 0.5) is 5.69 Å². The summed E-state index contributed by atoms with van der Waals surface area (Å²) in [5.74, 6) is 6.32. The van der Waals surface area contributed by atoms with Gasteiger partial charge in [0.15, 0.2) is 0 Å². The van der Waals surface area contributed by atoms with Crippen LogP contribution in [0.25, 0.3) is 0 Å². The highest BCUT2D eigenvalue weighted by atomic mass is 14.5. The van der Waals surface area contributed by atoms with Crippen molar-refractivity contribution in [3.8, 4) is 11.8 Å². The van der Waals surface area contributed by atoms with Gasteiger partial charge >= 0.3 is 0 Å². The molecular formula is C17H17N. The van der Waals surface area contributed by atoms with Crippen molar-refractivity contribution in [2.75, 3.05) is 5.73 Å². The maximum atomic E-state index is 5.72. The summed E-state index contributed by atoms with van der Waals surface area (Å²) in [5, 5.41) is 0. The van der Waals surface area contributed by atoms with Crippen LogP contribution in [0.15, 0.2) is 48.5 Å². The maximum absolute atomic E-state index is 5.72. The molecule has 2 aromatic rings. The van der Waals surface area contributed by atoms with E-state index in [9.17, 15) is 0 Å². The van der Waals surface area contributed by atoms with Crippen LogP contribution in [-0.2, 0) is 6.42 Å². The number of anilines is 1. The molecule has 0 aliphatic rings. The molecule has 2 aromatic carbocycles. The smallest absolute Gasteiger partial charge is 0.0326 e. The van der Waals surface area contributed by atoms with Gasteiger partial charge in [-0.1, -0.05) is 43.4 Å². The van der Waals surface area contributed by atoms with Gasteiger partial charge in [-0.2, -0.15) is 0 Å². The molecule has 2 N–H and O–H groups in total. The van der Waals surface area contributed by atoms with E-state index < -0.39 is 0 Å². The molecule has 0 heterocycles. The Balaban J connectivity index is 2.21. The largest absolute Gasteiger partial charge is 0.399 e. The standard InChI is InChI=1S/C17H17N/c1-2-5-14-6-3-7-15(12-14)10-11-16-8-4-9-17(18)13-16/h3-4,6-9,12-13H,2,5,18H2,1H3. The highest BCUT2D eigenvalue weighted by molar-refractivity contribution is 5.49. The van der Waals surface area contributed by atoms with E-state index >= 15 is 0 Å². The van der Waals surface area contributed by atoms with E-state index in [2.05, 4.69) is 37.0 Å². The van der Waals surface area contributed by atoms with Gasteiger partial charge < -0.3 is 5.73 Å². The number of hydrogen-bond acceptors (Lipinski definition) is 1. The molecule has 0 saturated heterocycles. The molecule has 0 saturated carbocycles. The number of nitrogen functional groups attached to an aromatic ring is 1. The lowest BCUT2D eigenvalue weighted by molar-refractivity contribution is 0.921. The molecule has 2 rings (SSSR count). The normalized spacial score (nSPS) is 9.61. The van der Waals surface area contributed by atoms with Crippen molar-refractivity contribution in [1.29, 1.82) is 0 Å². The zero-order valence-electron chi connectivity index (χ0n) is 10.6. The molecule has 0 bridgehead atoms. The van der Waals surface area contributed by atoms with Gasteiger partial charge in [-0.25, -0.2) is 0 Å². The minimum absolute atomic E-state index is 0.751. The Morgan fingerprint density at radius 1 is 0.944 bits per heavy atom. The van der Waals surface area contributed by atoms with Crippen molar-refractivity contribution in [2.24, 2.45) is 0 Å². The Hall–Kier alpha value is -2.20. The molecule has 0 amide bonds. The average Bonchev–Trinajstić information content (AvgIpc) is 2.37. The SMILES string of the molecule is CCCc1cccc(C#Cc2cccc(N)c2)c1. The van der Waals surface area contributed by atoms with Crippen LogP contribution >= 0.6 is 0 Å². The van der Waals surface area contributed by atoms with Gasteiger partial charge in [0.05, 0.1) is 0 Å². The van der Waals surface area contributed by atoms with Crippen molar-refractivity contribution < 1.29 is 0 Å². The summed E-state index contributed by atoms with van der Waals surface area (Å²) in [5.41, 5.74) is 9.83. The molecule has 1 nitrogen and oxygen atoms in total. The van der Waals surface area contributed by atoms with Crippen LogP contribution < -0.4 is 5.73 Å². The van der Waals surface area contributed by atoms with Gasteiger partial charge in [-0.15, -0.1) is 0 Å². The van der Waals surface area contributed by atoms with Gasteiger partial charge in [0.1, 0.15) is 0 Å². The topological polar surface area (TPSA) is 26.0 Å². The molecule has 0 spiro atoms. The van der Waals surface area contributed by atoms with E-state index in [1.165, 1.54) is 5.56 Å². The Morgan fingerprint density at radius 3 is 2.28 bits per heavy atom. The second-order valence-corrected chi connectivity index (χ2v) is 4.33. The van der Waals surface area contributed by atoms with Crippen LogP contribution in [0, 0.1) is 11.8 Å².